The summed E-state index contributed by atoms with van der Waals surface area (Å²) in [5, 5.41) is 10.6. The molecule has 0 aromatic rings. The Morgan fingerprint density at radius 3 is 0.835 bits per heavy atom. The maximum Gasteiger partial charge on any atom is 0.472 e. The molecule has 19 heteroatoms. The number of phosphoric acid groups is 2. The van der Waals surface area contributed by atoms with Crippen molar-refractivity contribution in [2.75, 3.05) is 39.6 Å². The second kappa shape index (κ2) is 56.1. The molecule has 0 aliphatic carbocycles. The van der Waals surface area contributed by atoms with Crippen molar-refractivity contribution in [1.82, 2.24) is 0 Å². The molecule has 17 nitrogen and oxygen atoms in total. The molecule has 0 spiro atoms. The lowest BCUT2D eigenvalue weighted by Crippen LogP contribution is -2.30. The quantitative estimate of drug-likeness (QED) is 0.0222. The molecular weight excluding hydrogens is 1130 g/mol. The molecule has 0 fully saturated rings. The van der Waals surface area contributed by atoms with E-state index in [2.05, 4.69) is 55.4 Å². The van der Waals surface area contributed by atoms with Crippen LogP contribution in [0.15, 0.2) is 0 Å². The van der Waals surface area contributed by atoms with Gasteiger partial charge in [-0.15, -0.1) is 0 Å². The van der Waals surface area contributed by atoms with Gasteiger partial charge in [0.05, 0.1) is 26.4 Å². The highest BCUT2D eigenvalue weighted by atomic mass is 31.2. The van der Waals surface area contributed by atoms with E-state index in [0.29, 0.717) is 25.7 Å². The minimum atomic E-state index is -4.95. The largest absolute Gasteiger partial charge is 0.472 e. The molecule has 0 saturated carbocycles. The second-order valence-corrected chi connectivity index (χ2v) is 28.0. The third-order valence-electron chi connectivity index (χ3n) is 16.2. The molecule has 85 heavy (non-hydrogen) atoms. The number of carbonyl (C=O) groups is 4. The Kier molecular flexibility index (Phi) is 54.8. The van der Waals surface area contributed by atoms with Crippen molar-refractivity contribution in [3.63, 3.8) is 0 Å². The first-order valence-electron chi connectivity index (χ1n) is 34.3. The first-order chi connectivity index (χ1) is 40.7. The molecule has 0 heterocycles. The summed E-state index contributed by atoms with van der Waals surface area (Å²) >= 11 is 0. The zero-order chi connectivity index (χ0) is 63.2. The van der Waals surface area contributed by atoms with Crippen molar-refractivity contribution < 1.29 is 80.2 Å². The topological polar surface area (TPSA) is 237 Å². The molecule has 504 valence electrons. The van der Waals surface area contributed by atoms with Crippen molar-refractivity contribution in [3.05, 3.63) is 0 Å². The van der Waals surface area contributed by atoms with Gasteiger partial charge in [0.2, 0.25) is 0 Å². The first kappa shape index (κ1) is 83.1. The zero-order valence-corrected chi connectivity index (χ0v) is 57.0. The highest BCUT2D eigenvalue weighted by Crippen LogP contribution is 2.45. The minimum absolute atomic E-state index is 0.102. The van der Waals surface area contributed by atoms with Gasteiger partial charge in [0.15, 0.2) is 12.2 Å². The van der Waals surface area contributed by atoms with Crippen LogP contribution in [0.4, 0.5) is 0 Å². The van der Waals surface area contributed by atoms with Crippen LogP contribution in [-0.4, -0.2) is 96.7 Å². The predicted octanol–water partition coefficient (Wildman–Crippen LogP) is 18.1. The molecule has 0 radical (unpaired) electrons. The normalized spacial score (nSPS) is 15.3. The van der Waals surface area contributed by atoms with Crippen LogP contribution in [0.2, 0.25) is 0 Å². The van der Waals surface area contributed by atoms with Gasteiger partial charge in [-0.05, 0) is 49.4 Å². The van der Waals surface area contributed by atoms with Crippen LogP contribution < -0.4 is 0 Å². The van der Waals surface area contributed by atoms with Crippen LogP contribution in [0.1, 0.15) is 319 Å². The van der Waals surface area contributed by atoms with Crippen molar-refractivity contribution >= 4 is 39.5 Å². The summed E-state index contributed by atoms with van der Waals surface area (Å²) in [6.07, 6.45) is 36.2. The number of carbonyl (C=O) groups excluding carboxylic acids is 4. The fourth-order valence-electron chi connectivity index (χ4n) is 9.69. The summed E-state index contributed by atoms with van der Waals surface area (Å²) in [6, 6.07) is 0. The van der Waals surface area contributed by atoms with Gasteiger partial charge in [-0.25, -0.2) is 9.13 Å². The van der Waals surface area contributed by atoms with E-state index in [1.54, 1.807) is 0 Å². The van der Waals surface area contributed by atoms with Crippen molar-refractivity contribution in [1.29, 1.82) is 0 Å². The summed E-state index contributed by atoms with van der Waals surface area (Å²) in [7, 11) is -9.89. The molecule has 0 amide bonds. The van der Waals surface area contributed by atoms with Crippen LogP contribution in [0, 0.1) is 23.7 Å². The summed E-state index contributed by atoms with van der Waals surface area (Å²) in [5.74, 6) is 0.839. The summed E-state index contributed by atoms with van der Waals surface area (Å²) in [5.41, 5.74) is 0. The van der Waals surface area contributed by atoms with E-state index in [-0.39, 0.29) is 25.7 Å². The molecular formula is C66H128O17P2. The molecule has 0 saturated heterocycles. The summed E-state index contributed by atoms with van der Waals surface area (Å²) in [6.45, 7) is 14.0. The van der Waals surface area contributed by atoms with E-state index in [1.807, 2.05) is 0 Å². The Morgan fingerprint density at radius 1 is 0.329 bits per heavy atom. The van der Waals surface area contributed by atoms with Gasteiger partial charge >= 0.3 is 39.5 Å². The Labute approximate surface area is 517 Å². The average Bonchev–Trinajstić information content (AvgIpc) is 3.52. The summed E-state index contributed by atoms with van der Waals surface area (Å²) < 4.78 is 68.1. The average molecular weight is 1260 g/mol. The molecule has 0 aliphatic rings. The first-order valence-corrected chi connectivity index (χ1v) is 37.3. The van der Waals surface area contributed by atoms with Gasteiger partial charge in [0.1, 0.15) is 19.3 Å². The van der Waals surface area contributed by atoms with E-state index in [4.69, 9.17) is 37.0 Å². The number of ether oxygens (including phenoxy) is 4. The molecule has 0 bridgehead atoms. The van der Waals surface area contributed by atoms with Gasteiger partial charge in [-0.3, -0.25) is 37.3 Å². The van der Waals surface area contributed by atoms with Crippen molar-refractivity contribution in [2.24, 2.45) is 23.7 Å². The monoisotopic (exact) mass is 1250 g/mol. The van der Waals surface area contributed by atoms with Gasteiger partial charge < -0.3 is 33.8 Å². The van der Waals surface area contributed by atoms with Gasteiger partial charge in [-0.2, -0.15) is 0 Å². The lowest BCUT2D eigenvalue weighted by atomic mass is 9.99. The maximum atomic E-state index is 13.0. The summed E-state index contributed by atoms with van der Waals surface area (Å²) in [4.78, 5) is 72.3. The number of hydrogen-bond acceptors (Lipinski definition) is 15. The number of unbranched alkanes of at least 4 members (excludes halogenated alkanes) is 26. The van der Waals surface area contributed by atoms with Crippen LogP contribution >= 0.6 is 15.6 Å². The van der Waals surface area contributed by atoms with Gasteiger partial charge in [0.25, 0.3) is 0 Å². The van der Waals surface area contributed by atoms with E-state index in [9.17, 15) is 43.2 Å². The second-order valence-electron chi connectivity index (χ2n) is 25.1. The lowest BCUT2D eigenvalue weighted by molar-refractivity contribution is -0.161. The smallest absolute Gasteiger partial charge is 0.462 e. The third-order valence-corrected chi connectivity index (χ3v) is 18.1. The molecule has 0 aromatic carbocycles. The third kappa shape index (κ3) is 57.0. The fraction of sp³-hybridized carbons (Fsp3) is 0.939. The molecule has 0 aliphatic heterocycles. The lowest BCUT2D eigenvalue weighted by Gasteiger charge is -2.21. The van der Waals surface area contributed by atoms with Crippen molar-refractivity contribution in [2.45, 2.75) is 337 Å². The number of hydrogen-bond donors (Lipinski definition) is 3. The molecule has 8 atom stereocenters. The number of aliphatic hydroxyl groups excluding tert-OH is 1. The molecule has 5 unspecified atom stereocenters. The molecule has 0 rings (SSSR count). The SMILES string of the molecule is CCC(C)CCCCCCCCCCC(=O)O[C@H](COC(=O)CCCCCCCCC(C)CC)COP(=O)(O)OC[C@H](O)COP(=O)(O)OC[C@@H](COC(=O)CCCCCCCCCCCCC(C)C)OC(=O)CCCCCCCCC(C)CC. The Balaban J connectivity index is 5.26. The molecule has 0 aromatic heterocycles. The van der Waals surface area contributed by atoms with Crippen molar-refractivity contribution in [3.8, 4) is 0 Å². The number of phosphoric ester groups is 2. The van der Waals surface area contributed by atoms with Crippen LogP contribution in [0.3, 0.4) is 0 Å². The highest BCUT2D eigenvalue weighted by Gasteiger charge is 2.30. The Hall–Kier alpha value is -1.94. The highest BCUT2D eigenvalue weighted by molar-refractivity contribution is 7.47. The van der Waals surface area contributed by atoms with Crippen LogP contribution in [0.25, 0.3) is 0 Å². The standard InChI is InChI=1S/C66H128O17P2/c1-9-57(6)43-35-27-19-16-17-21-32-40-48-65(70)82-61(53-77-64(69)47-39-31-24-22-28-36-44-58(7)10-2)54-80-84(72,73)78-50-60(67)51-79-85(74,75)81-55-62(83-66(71)49-41-33-25-23-29-37-45-59(8)11-3)52-76-63(68)46-38-30-20-15-13-12-14-18-26-34-42-56(4)5/h56-62,67H,9-55H2,1-8H3,(H,72,73)(H,74,75)/t57?,58?,59?,60-,61+,62+/m0/s1. The number of aliphatic hydroxyl groups is 1. The Bertz CT molecular complexity index is 1700. The zero-order valence-electron chi connectivity index (χ0n) is 55.2. The van der Waals surface area contributed by atoms with Gasteiger partial charge in [-0.1, -0.05) is 267 Å². The van der Waals surface area contributed by atoms with Crippen LogP contribution in [0.5, 0.6) is 0 Å². The molecule has 3 N–H and O–H groups in total. The minimum Gasteiger partial charge on any atom is -0.462 e. The fourth-order valence-corrected chi connectivity index (χ4v) is 11.3. The number of esters is 4. The van der Waals surface area contributed by atoms with E-state index >= 15 is 0 Å². The van der Waals surface area contributed by atoms with Gasteiger partial charge in [0, 0.05) is 25.7 Å². The predicted molar refractivity (Wildman–Crippen MR) is 340 cm³/mol. The number of rotatable bonds is 63. The van der Waals surface area contributed by atoms with E-state index in [0.717, 1.165) is 120 Å². The Morgan fingerprint density at radius 2 is 0.565 bits per heavy atom. The van der Waals surface area contributed by atoms with Crippen LogP contribution in [-0.2, 0) is 65.4 Å². The van der Waals surface area contributed by atoms with E-state index < -0.39 is 97.5 Å². The van der Waals surface area contributed by atoms with E-state index in [1.165, 1.54) is 116 Å². The maximum absolute atomic E-state index is 13.0.